The van der Waals surface area contributed by atoms with Crippen LogP contribution in [0.3, 0.4) is 0 Å². The summed E-state index contributed by atoms with van der Waals surface area (Å²) in [6, 6.07) is 14.2. The van der Waals surface area contributed by atoms with E-state index < -0.39 is 0 Å². The quantitative estimate of drug-likeness (QED) is 0.579. The van der Waals surface area contributed by atoms with Gasteiger partial charge >= 0.3 is 0 Å². The van der Waals surface area contributed by atoms with Crippen LogP contribution in [-0.2, 0) is 17.9 Å². The maximum absolute atomic E-state index is 13.1. The van der Waals surface area contributed by atoms with Crippen LogP contribution in [0, 0.1) is 6.92 Å². The maximum atomic E-state index is 13.1. The summed E-state index contributed by atoms with van der Waals surface area (Å²) >= 11 is 0. The Labute approximate surface area is 184 Å². The monoisotopic (exact) mass is 420 g/mol. The number of hydrogen-bond acceptors (Lipinski definition) is 4. The number of amides is 1. The topological polar surface area (TPSA) is 50.1 Å². The van der Waals surface area contributed by atoms with Gasteiger partial charge in [-0.25, -0.2) is 4.98 Å². The van der Waals surface area contributed by atoms with Crippen molar-refractivity contribution in [3.05, 3.63) is 65.6 Å². The van der Waals surface area contributed by atoms with Crippen LogP contribution in [0.25, 0.3) is 5.65 Å². The van der Waals surface area contributed by atoms with Crippen molar-refractivity contribution in [2.45, 2.75) is 52.3 Å². The van der Waals surface area contributed by atoms with Crippen LogP contribution < -0.4 is 4.74 Å². The molecule has 0 N–H and O–H groups in total. The minimum atomic E-state index is 0.110. The molecule has 1 amide bonds. The first-order valence-corrected chi connectivity index (χ1v) is 11.2. The molecule has 1 aliphatic rings. The normalized spacial score (nSPS) is 16.5. The SMILES string of the molecule is CCCCC1CN(CC(=O)N(C)Cc2c(C)nc3ccccn23)Cc2ccccc2O1. The summed E-state index contributed by atoms with van der Waals surface area (Å²) in [4.78, 5) is 21.8. The van der Waals surface area contributed by atoms with E-state index in [1.54, 1.807) is 0 Å². The second-order valence-electron chi connectivity index (χ2n) is 8.48. The van der Waals surface area contributed by atoms with E-state index in [4.69, 9.17) is 4.74 Å². The lowest BCUT2D eigenvalue weighted by Gasteiger charge is -2.26. The van der Waals surface area contributed by atoms with Gasteiger partial charge in [-0.15, -0.1) is 0 Å². The zero-order valence-electron chi connectivity index (χ0n) is 18.8. The fourth-order valence-electron chi connectivity index (χ4n) is 4.24. The first kappa shape index (κ1) is 21.4. The summed E-state index contributed by atoms with van der Waals surface area (Å²) in [6.07, 6.45) is 5.39. The van der Waals surface area contributed by atoms with Crippen molar-refractivity contribution >= 4 is 11.6 Å². The first-order chi connectivity index (χ1) is 15.0. The molecule has 0 saturated carbocycles. The van der Waals surface area contributed by atoms with Crippen molar-refractivity contribution < 1.29 is 9.53 Å². The van der Waals surface area contributed by atoms with Crippen LogP contribution in [0.1, 0.15) is 43.1 Å². The van der Waals surface area contributed by atoms with E-state index in [0.717, 1.165) is 60.7 Å². The van der Waals surface area contributed by atoms with Gasteiger partial charge in [-0.05, 0) is 38.0 Å². The number of pyridine rings is 1. The molecule has 1 aromatic carbocycles. The van der Waals surface area contributed by atoms with Crippen LogP contribution in [0.5, 0.6) is 5.75 Å². The highest BCUT2D eigenvalue weighted by Crippen LogP contribution is 2.26. The third-order valence-electron chi connectivity index (χ3n) is 6.00. The number of fused-ring (bicyclic) bond motifs is 2. The second kappa shape index (κ2) is 9.52. The number of benzene rings is 1. The van der Waals surface area contributed by atoms with Crippen molar-refractivity contribution in [3.63, 3.8) is 0 Å². The molecule has 2 aromatic heterocycles. The Hall–Kier alpha value is -2.86. The summed E-state index contributed by atoms with van der Waals surface area (Å²) in [5.74, 6) is 1.06. The molecule has 3 heterocycles. The minimum Gasteiger partial charge on any atom is -0.489 e. The molecule has 1 atom stereocenters. The number of unbranched alkanes of at least 4 members (excludes halogenated alkanes) is 1. The number of likely N-dealkylation sites (N-methyl/N-ethyl adjacent to an activating group) is 1. The van der Waals surface area contributed by atoms with E-state index in [1.807, 2.05) is 61.5 Å². The Balaban J connectivity index is 1.46. The maximum Gasteiger partial charge on any atom is 0.236 e. The lowest BCUT2D eigenvalue weighted by molar-refractivity contribution is -0.132. The molecule has 164 valence electrons. The number of rotatable bonds is 7. The Morgan fingerprint density at radius 2 is 2.03 bits per heavy atom. The van der Waals surface area contributed by atoms with E-state index in [2.05, 4.69) is 27.3 Å². The van der Waals surface area contributed by atoms with Gasteiger partial charge in [0.1, 0.15) is 17.5 Å². The number of para-hydroxylation sites is 1. The molecule has 4 rings (SSSR count). The van der Waals surface area contributed by atoms with Crippen molar-refractivity contribution in [1.82, 2.24) is 19.2 Å². The van der Waals surface area contributed by atoms with Gasteiger partial charge in [0, 0.05) is 31.9 Å². The van der Waals surface area contributed by atoms with Crippen molar-refractivity contribution in [1.29, 1.82) is 0 Å². The average Bonchev–Trinajstić information content (AvgIpc) is 2.96. The van der Waals surface area contributed by atoms with Crippen LogP contribution in [-0.4, -0.2) is 51.3 Å². The molecule has 0 aliphatic carbocycles. The highest BCUT2D eigenvalue weighted by atomic mass is 16.5. The van der Waals surface area contributed by atoms with Crippen LogP contribution >= 0.6 is 0 Å². The Bertz CT molecular complexity index is 1040. The molecule has 0 fully saturated rings. The van der Waals surface area contributed by atoms with Gasteiger partial charge in [0.2, 0.25) is 5.91 Å². The molecule has 1 unspecified atom stereocenters. The van der Waals surface area contributed by atoms with Gasteiger partial charge in [0.05, 0.1) is 24.5 Å². The summed E-state index contributed by atoms with van der Waals surface area (Å²) in [5.41, 5.74) is 4.07. The van der Waals surface area contributed by atoms with E-state index >= 15 is 0 Å². The summed E-state index contributed by atoms with van der Waals surface area (Å²) in [5, 5.41) is 0. The molecule has 6 nitrogen and oxygen atoms in total. The van der Waals surface area contributed by atoms with Crippen molar-refractivity contribution in [2.24, 2.45) is 0 Å². The molecular formula is C25H32N4O2. The summed E-state index contributed by atoms with van der Waals surface area (Å²) < 4.78 is 8.37. The Kier molecular flexibility index (Phi) is 6.56. The van der Waals surface area contributed by atoms with Crippen LogP contribution in [0.4, 0.5) is 0 Å². The van der Waals surface area contributed by atoms with Gasteiger partial charge in [0.25, 0.3) is 0 Å². The molecule has 0 spiro atoms. The Morgan fingerprint density at radius 1 is 1.23 bits per heavy atom. The predicted octanol–water partition coefficient (Wildman–Crippen LogP) is 4.05. The van der Waals surface area contributed by atoms with Crippen molar-refractivity contribution in [3.8, 4) is 5.75 Å². The zero-order valence-corrected chi connectivity index (χ0v) is 18.8. The zero-order chi connectivity index (χ0) is 21.8. The number of carbonyl (C=O) groups is 1. The van der Waals surface area contributed by atoms with E-state index in [0.29, 0.717) is 13.1 Å². The minimum absolute atomic E-state index is 0.110. The smallest absolute Gasteiger partial charge is 0.236 e. The van der Waals surface area contributed by atoms with Gasteiger partial charge in [-0.2, -0.15) is 0 Å². The molecule has 1 aliphatic heterocycles. The number of aryl methyl sites for hydroxylation is 1. The highest BCUT2D eigenvalue weighted by Gasteiger charge is 2.25. The van der Waals surface area contributed by atoms with E-state index in [1.165, 1.54) is 0 Å². The van der Waals surface area contributed by atoms with Gasteiger partial charge in [-0.3, -0.25) is 9.69 Å². The van der Waals surface area contributed by atoms with Gasteiger partial charge in [0.15, 0.2) is 0 Å². The summed E-state index contributed by atoms with van der Waals surface area (Å²) in [6.45, 7) is 6.61. The number of imidazole rings is 1. The van der Waals surface area contributed by atoms with E-state index in [9.17, 15) is 4.79 Å². The fraction of sp³-hybridized carbons (Fsp3) is 0.440. The second-order valence-corrected chi connectivity index (χ2v) is 8.48. The largest absolute Gasteiger partial charge is 0.489 e. The van der Waals surface area contributed by atoms with Gasteiger partial charge in [-0.1, -0.05) is 37.6 Å². The van der Waals surface area contributed by atoms with Crippen LogP contribution in [0.2, 0.25) is 0 Å². The fourth-order valence-corrected chi connectivity index (χ4v) is 4.24. The molecular weight excluding hydrogens is 388 g/mol. The third kappa shape index (κ3) is 4.90. The van der Waals surface area contributed by atoms with Crippen LogP contribution in [0.15, 0.2) is 48.7 Å². The van der Waals surface area contributed by atoms with Crippen molar-refractivity contribution in [2.75, 3.05) is 20.1 Å². The number of nitrogens with zero attached hydrogens (tertiary/aromatic N) is 4. The highest BCUT2D eigenvalue weighted by molar-refractivity contribution is 5.78. The standard InChI is InChI=1S/C25H32N4O2/c1-4-5-11-21-16-28(15-20-10-6-7-12-23(20)31-21)18-25(30)27(3)17-22-19(2)26-24-13-8-9-14-29(22)24/h6-10,12-14,21H,4-5,11,15-18H2,1-3H3. The van der Waals surface area contributed by atoms with Gasteiger partial charge < -0.3 is 14.0 Å². The number of aromatic nitrogens is 2. The molecule has 6 heteroatoms. The Morgan fingerprint density at radius 3 is 2.87 bits per heavy atom. The number of hydrogen-bond donors (Lipinski definition) is 0. The number of ether oxygens (including phenoxy) is 1. The number of carbonyl (C=O) groups excluding carboxylic acids is 1. The predicted molar refractivity (Wildman–Crippen MR) is 122 cm³/mol. The van der Waals surface area contributed by atoms with E-state index in [-0.39, 0.29) is 12.0 Å². The molecule has 3 aromatic rings. The summed E-state index contributed by atoms with van der Waals surface area (Å²) in [7, 11) is 1.88. The molecule has 0 bridgehead atoms. The molecule has 0 radical (unpaired) electrons. The lowest BCUT2D eigenvalue weighted by atomic mass is 10.1. The molecule has 0 saturated heterocycles. The molecule has 31 heavy (non-hydrogen) atoms. The average molecular weight is 421 g/mol. The lowest BCUT2D eigenvalue weighted by Crippen LogP contribution is -2.41. The first-order valence-electron chi connectivity index (χ1n) is 11.2. The third-order valence-corrected chi connectivity index (χ3v) is 6.00.